The van der Waals surface area contributed by atoms with Gasteiger partial charge in [-0.15, -0.1) is 4.72 Å². The molecule has 0 bridgehead atoms. The maximum Gasteiger partial charge on any atom is 0.341 e. The summed E-state index contributed by atoms with van der Waals surface area (Å²) in [5.74, 6) is -1.08. The van der Waals surface area contributed by atoms with Crippen LogP contribution in [-0.2, 0) is 11.4 Å². The summed E-state index contributed by atoms with van der Waals surface area (Å²) >= 11 is -1.25. The van der Waals surface area contributed by atoms with E-state index in [2.05, 4.69) is 9.71 Å². The predicted octanol–water partition coefficient (Wildman–Crippen LogP) is 2.66. The van der Waals surface area contributed by atoms with Crippen molar-refractivity contribution < 1.29 is 14.5 Å². The Labute approximate surface area is 161 Å². The molecule has 2 heterocycles. The van der Waals surface area contributed by atoms with Gasteiger partial charge in [0.25, 0.3) is 0 Å². The van der Waals surface area contributed by atoms with Crippen LogP contribution >= 0.6 is 0 Å². The van der Waals surface area contributed by atoms with Gasteiger partial charge in [-0.2, -0.15) is 5.26 Å². The number of carboxylic acids is 1. The number of aliphatic imine (C=N–C) groups is 1. The Bertz CT molecular complexity index is 869. The van der Waals surface area contributed by atoms with E-state index in [9.17, 15) is 14.5 Å². The number of nitriles is 1. The molecule has 27 heavy (non-hydrogen) atoms. The molecule has 1 fully saturated rings. The first-order valence-corrected chi connectivity index (χ1v) is 9.93. The second-order valence-corrected chi connectivity index (χ2v) is 9.75. The summed E-state index contributed by atoms with van der Waals surface area (Å²) in [6.07, 6.45) is 5.09. The fourth-order valence-electron chi connectivity index (χ4n) is 3.51. The van der Waals surface area contributed by atoms with Crippen LogP contribution < -0.4 is 9.21 Å². The van der Waals surface area contributed by atoms with Crippen molar-refractivity contribution in [3.8, 4) is 6.07 Å². The van der Waals surface area contributed by atoms with Crippen molar-refractivity contribution in [2.75, 3.05) is 6.54 Å². The van der Waals surface area contributed by atoms with E-state index in [1.54, 1.807) is 24.7 Å². The third-order valence-corrected chi connectivity index (χ3v) is 6.49. The summed E-state index contributed by atoms with van der Waals surface area (Å²) in [6, 6.07) is 6.54. The van der Waals surface area contributed by atoms with Crippen molar-refractivity contribution >= 4 is 29.4 Å². The predicted molar refractivity (Wildman–Crippen MR) is 105 cm³/mol. The zero-order chi connectivity index (χ0) is 19.8. The minimum Gasteiger partial charge on any atom is -0.598 e. The van der Waals surface area contributed by atoms with Crippen LogP contribution in [0.15, 0.2) is 35.1 Å². The molecule has 2 N–H and O–H groups in total. The Morgan fingerprint density at radius 1 is 1.48 bits per heavy atom. The number of carbonyl (C=O) groups is 1. The van der Waals surface area contributed by atoms with Gasteiger partial charge in [0.1, 0.15) is 16.4 Å². The van der Waals surface area contributed by atoms with Gasteiger partial charge in [-0.05, 0) is 45.7 Å². The van der Waals surface area contributed by atoms with Crippen molar-refractivity contribution in [1.82, 2.24) is 9.21 Å². The first kappa shape index (κ1) is 19.6. The van der Waals surface area contributed by atoms with Crippen molar-refractivity contribution in [2.45, 2.75) is 44.4 Å². The van der Waals surface area contributed by atoms with Gasteiger partial charge < -0.3 is 9.66 Å². The molecule has 0 spiro atoms. The maximum absolute atomic E-state index is 12.6. The highest BCUT2D eigenvalue weighted by Crippen LogP contribution is 2.40. The quantitative estimate of drug-likeness (QED) is 0.610. The van der Waals surface area contributed by atoms with Gasteiger partial charge >= 0.3 is 5.97 Å². The molecule has 2 aliphatic heterocycles. The Morgan fingerprint density at radius 3 is 2.85 bits per heavy atom. The molecule has 3 atom stereocenters. The van der Waals surface area contributed by atoms with Crippen LogP contribution in [0.2, 0.25) is 0 Å². The molecule has 1 saturated heterocycles. The molecule has 142 valence electrons. The van der Waals surface area contributed by atoms with E-state index in [1.165, 1.54) is 6.07 Å². The summed E-state index contributed by atoms with van der Waals surface area (Å²) in [4.78, 5) is 16.2. The highest BCUT2D eigenvalue weighted by Gasteiger charge is 2.48. The molecule has 3 unspecified atom stereocenters. The molecule has 1 aromatic rings. The molecule has 0 radical (unpaired) electrons. The normalized spacial score (nSPS) is 25.4. The minimum atomic E-state index is -1.25. The molecule has 8 heteroatoms. The van der Waals surface area contributed by atoms with E-state index in [4.69, 9.17) is 5.26 Å². The fraction of sp³-hybridized carbons (Fsp3) is 0.421. The number of quaternary nitrogens is 1. The minimum absolute atomic E-state index is 0.0888. The topological polar surface area (TPSA) is 109 Å². The number of fused-ring (bicyclic) bond motifs is 1. The molecular formula is C19H23N4O3S+. The number of nitrogens with one attached hydrogen (secondary N) is 1. The molecule has 0 saturated carbocycles. The first-order valence-electron chi connectivity index (χ1n) is 8.78. The summed E-state index contributed by atoms with van der Waals surface area (Å²) in [5, 5.41) is 18.8. The van der Waals surface area contributed by atoms with E-state index < -0.39 is 22.1 Å². The number of piperidine rings is 1. The van der Waals surface area contributed by atoms with Crippen molar-refractivity contribution in [1.29, 1.82) is 5.26 Å². The van der Waals surface area contributed by atoms with Gasteiger partial charge in [0.2, 0.25) is 0 Å². The van der Waals surface area contributed by atoms with Gasteiger partial charge in [0.05, 0.1) is 24.4 Å². The van der Waals surface area contributed by atoms with E-state index in [0.717, 1.165) is 18.5 Å². The Balaban J connectivity index is 2.03. The van der Waals surface area contributed by atoms with E-state index >= 15 is 0 Å². The van der Waals surface area contributed by atoms with Gasteiger partial charge in [-0.3, -0.25) is 0 Å². The Morgan fingerprint density at radius 2 is 2.22 bits per heavy atom. The number of rotatable bonds is 4. The standard InChI is InChI=1S/C19H22N4O3S/c1-19(2,3)27(26)22-15-5-4-8-23(12-21-11-17(15)23)16-7-6-13(10-20)9-14(16)18(24)25/h6-7,9,11-12,15,22H,4-5,8H2,1-3H3/p+1. The third-order valence-electron chi connectivity index (χ3n) is 4.88. The number of carboxylic acid groups (broad SMARTS) is 1. The SMILES string of the molecule is CC(C)(C)[S+]([O-])NC1CCC[N+]2(c3ccc(C#N)cc3C(=O)O)C=NC=C12. The molecule has 0 aliphatic carbocycles. The molecule has 2 aliphatic rings. The maximum atomic E-state index is 12.6. The van der Waals surface area contributed by atoms with Crippen LogP contribution in [0.5, 0.6) is 0 Å². The van der Waals surface area contributed by atoms with Gasteiger partial charge in [0, 0.05) is 17.4 Å². The van der Waals surface area contributed by atoms with Gasteiger partial charge in [-0.1, -0.05) is 0 Å². The van der Waals surface area contributed by atoms with Crippen LogP contribution in [0.4, 0.5) is 5.69 Å². The lowest BCUT2D eigenvalue weighted by Gasteiger charge is -2.40. The Hall–Kier alpha value is -2.18. The number of aromatic carboxylic acids is 1. The lowest BCUT2D eigenvalue weighted by atomic mass is 9.97. The largest absolute Gasteiger partial charge is 0.598 e. The van der Waals surface area contributed by atoms with Crippen LogP contribution in [0.3, 0.4) is 0 Å². The molecular weight excluding hydrogens is 364 g/mol. The summed E-state index contributed by atoms with van der Waals surface area (Å²) in [5.41, 5.74) is 1.84. The smallest absolute Gasteiger partial charge is 0.341 e. The Kier molecular flexibility index (Phi) is 5.14. The molecule has 1 aromatic carbocycles. The van der Waals surface area contributed by atoms with E-state index in [-0.39, 0.29) is 16.1 Å². The molecule has 3 rings (SSSR count). The lowest BCUT2D eigenvalue weighted by molar-refractivity contribution is 0.0696. The monoisotopic (exact) mass is 387 g/mol. The molecule has 7 nitrogen and oxygen atoms in total. The number of hydrogen-bond acceptors (Lipinski definition) is 5. The lowest BCUT2D eigenvalue weighted by Crippen LogP contribution is -2.58. The first-order chi connectivity index (χ1) is 12.7. The van der Waals surface area contributed by atoms with Crippen LogP contribution in [0.1, 0.15) is 49.5 Å². The second-order valence-electron chi connectivity index (χ2n) is 7.75. The van der Waals surface area contributed by atoms with E-state index in [0.29, 0.717) is 17.8 Å². The van der Waals surface area contributed by atoms with Crippen LogP contribution in [0, 0.1) is 11.3 Å². The number of hydrogen-bond donors (Lipinski definition) is 2. The van der Waals surface area contributed by atoms with Crippen LogP contribution in [0.25, 0.3) is 0 Å². The summed E-state index contributed by atoms with van der Waals surface area (Å²) in [6.45, 7) is 6.39. The third kappa shape index (κ3) is 3.51. The van der Waals surface area contributed by atoms with E-state index in [1.807, 2.05) is 26.8 Å². The van der Waals surface area contributed by atoms with Crippen molar-refractivity contribution in [2.24, 2.45) is 4.99 Å². The molecule has 0 aromatic heterocycles. The average molecular weight is 387 g/mol. The summed E-state index contributed by atoms with van der Waals surface area (Å²) < 4.78 is 15.6. The van der Waals surface area contributed by atoms with Gasteiger partial charge in [0.15, 0.2) is 17.7 Å². The fourth-order valence-corrected chi connectivity index (χ4v) is 4.36. The van der Waals surface area contributed by atoms with Crippen molar-refractivity contribution in [3.63, 3.8) is 0 Å². The highest BCUT2D eigenvalue weighted by atomic mass is 32.2. The zero-order valence-corrected chi connectivity index (χ0v) is 16.4. The zero-order valence-electron chi connectivity index (χ0n) is 15.6. The van der Waals surface area contributed by atoms with Crippen LogP contribution in [-0.4, -0.2) is 39.3 Å². The number of benzene rings is 1. The number of nitrogens with zero attached hydrogens (tertiary/aromatic N) is 3. The highest BCUT2D eigenvalue weighted by molar-refractivity contribution is 7.90. The van der Waals surface area contributed by atoms with Gasteiger partial charge in [-0.25, -0.2) is 14.3 Å². The average Bonchev–Trinajstić information content (AvgIpc) is 3.06. The second kappa shape index (κ2) is 7.09. The van der Waals surface area contributed by atoms with Crippen molar-refractivity contribution in [3.05, 3.63) is 41.2 Å². The molecule has 0 amide bonds. The summed E-state index contributed by atoms with van der Waals surface area (Å²) in [7, 11) is 0.